The molecular formula is C22H28N10O10P2S2. The van der Waals surface area contributed by atoms with E-state index in [1.807, 2.05) is 0 Å². The van der Waals surface area contributed by atoms with Crippen LogP contribution in [0.2, 0.25) is 0 Å². The molecule has 0 spiro atoms. The molecule has 0 radical (unpaired) electrons. The number of aliphatic hydroxyl groups is 2. The number of rotatable bonds is 2. The standard InChI is InChI=1S/C22H28N10O10P2S2/c1-43(45)37-3-7-14(12(34)20(39-7)32-6-26-10-16(32)28-22(24)30-18(10)36)42-44(2,46)38-4-8-13(41-43)11(33)19(40-8)31-5-25-9-15(31)27-21(23)29-17(9)35/h5-8,11-14,19-20,33-34,45-46H,1-4H2,(H3,23,27,29,35)(H3,24,28,30,36)/t7-,8+,11-,12-,13+,14-,19+,20?,43+,44+/m1/s1. The number of hydrogen-bond donors (Lipinski definition) is 8. The predicted molar refractivity (Wildman–Crippen MR) is 173 cm³/mol. The first-order valence-corrected chi connectivity index (χ1v) is 19.3. The molecule has 0 saturated carbocycles. The number of aromatic amines is 2. The van der Waals surface area contributed by atoms with E-state index in [0.717, 1.165) is 0 Å². The summed E-state index contributed by atoms with van der Waals surface area (Å²) in [7, 11) is 0. The Morgan fingerprint density at radius 3 is 1.59 bits per heavy atom. The Labute approximate surface area is 267 Å². The zero-order chi connectivity index (χ0) is 32.7. The van der Waals surface area contributed by atoms with E-state index in [0.29, 0.717) is 0 Å². The van der Waals surface area contributed by atoms with Gasteiger partial charge < -0.3 is 49.2 Å². The monoisotopic (exact) mass is 718 g/mol. The van der Waals surface area contributed by atoms with Gasteiger partial charge in [-0.1, -0.05) is 24.5 Å². The number of imidazole rings is 2. The van der Waals surface area contributed by atoms with Gasteiger partial charge in [0.1, 0.15) is 36.6 Å². The summed E-state index contributed by atoms with van der Waals surface area (Å²) in [5.74, 6) is -0.314. The number of fused-ring (bicyclic) bond motifs is 4. The number of aliphatic hydroxyl groups excluding tert-OH is 2. The minimum absolute atomic E-state index is 0.0193. The van der Waals surface area contributed by atoms with Crippen LogP contribution in [0.4, 0.5) is 11.9 Å². The average molecular weight is 719 g/mol. The summed E-state index contributed by atoms with van der Waals surface area (Å²) in [4.78, 5) is 45.8. The minimum atomic E-state index is -3.30. The maximum atomic E-state index is 12.3. The molecule has 0 amide bonds. The second-order valence-corrected chi connectivity index (χ2v) is 17.8. The van der Waals surface area contributed by atoms with Crippen LogP contribution in [-0.2, 0) is 27.6 Å². The number of H-pyrrole nitrogens is 2. The van der Waals surface area contributed by atoms with E-state index in [1.54, 1.807) is 0 Å². The average Bonchev–Trinajstić information content (AvgIpc) is 3.72. The fourth-order valence-corrected chi connectivity index (χ4v) is 8.72. The summed E-state index contributed by atoms with van der Waals surface area (Å²) in [6, 6.07) is 0. The van der Waals surface area contributed by atoms with Gasteiger partial charge in [0.05, 0.1) is 25.9 Å². The van der Waals surface area contributed by atoms with Crippen LogP contribution in [-0.4, -0.2) is 112 Å². The highest BCUT2D eigenvalue weighted by molar-refractivity contribution is 8.48. The van der Waals surface area contributed by atoms with Gasteiger partial charge in [0.25, 0.3) is 11.1 Å². The Morgan fingerprint density at radius 2 is 1.20 bits per heavy atom. The third-order valence-electron chi connectivity index (χ3n) is 7.52. The molecule has 3 aliphatic rings. The van der Waals surface area contributed by atoms with Gasteiger partial charge >= 0.3 is 0 Å². The fourth-order valence-electron chi connectivity index (χ4n) is 5.51. The number of thiol groups is 2. The molecule has 8 N–H and O–H groups in total. The van der Waals surface area contributed by atoms with E-state index in [1.165, 1.54) is 21.8 Å². The van der Waals surface area contributed by atoms with E-state index in [4.69, 9.17) is 39.0 Å². The number of nitrogens with two attached hydrogens (primary N) is 2. The lowest BCUT2D eigenvalue weighted by Gasteiger charge is -2.32. The lowest BCUT2D eigenvalue weighted by atomic mass is 10.1. The number of nitrogens with one attached hydrogen (secondary N) is 2. The second kappa shape index (κ2) is 11.5. The lowest BCUT2D eigenvalue weighted by molar-refractivity contribution is -0.0529. The summed E-state index contributed by atoms with van der Waals surface area (Å²) in [5, 5.41) is 22.8. The van der Waals surface area contributed by atoms with Gasteiger partial charge in [0.15, 0.2) is 47.9 Å². The van der Waals surface area contributed by atoms with Crippen molar-refractivity contribution in [1.82, 2.24) is 39.0 Å². The number of nitrogen functional groups attached to an aromatic ring is 2. The lowest BCUT2D eigenvalue weighted by Crippen LogP contribution is -2.38. The van der Waals surface area contributed by atoms with E-state index in [-0.39, 0.29) is 47.4 Å². The molecule has 46 heavy (non-hydrogen) atoms. The molecule has 7 rings (SSSR count). The summed E-state index contributed by atoms with van der Waals surface area (Å²) >= 11 is 9.06. The van der Waals surface area contributed by atoms with Crippen LogP contribution in [0, 0.1) is 0 Å². The van der Waals surface area contributed by atoms with Gasteiger partial charge in [-0.15, -0.1) is 0 Å². The zero-order valence-corrected chi connectivity index (χ0v) is 27.0. The van der Waals surface area contributed by atoms with Crippen molar-refractivity contribution < 1.29 is 37.8 Å². The van der Waals surface area contributed by atoms with Crippen LogP contribution < -0.4 is 22.6 Å². The smallest absolute Gasteiger partial charge is 0.280 e. The molecule has 0 aromatic carbocycles. The van der Waals surface area contributed by atoms with E-state index in [9.17, 15) is 19.8 Å². The Hall–Kier alpha value is -2.72. The third-order valence-corrected chi connectivity index (χ3v) is 11.0. The van der Waals surface area contributed by atoms with Gasteiger partial charge in [-0.25, -0.2) is 9.97 Å². The zero-order valence-electron chi connectivity index (χ0n) is 23.4. The predicted octanol–water partition coefficient (Wildman–Crippen LogP) is -1.00. The molecule has 4 aromatic heterocycles. The highest BCUT2D eigenvalue weighted by Gasteiger charge is 2.51. The van der Waals surface area contributed by atoms with Crippen molar-refractivity contribution in [2.75, 3.05) is 24.7 Å². The quantitative estimate of drug-likeness (QED) is 0.0912. The topological polar surface area (TPSA) is 275 Å². The van der Waals surface area contributed by atoms with Crippen molar-refractivity contribution in [3.8, 4) is 0 Å². The molecule has 3 saturated heterocycles. The molecule has 4 aromatic rings. The molecule has 0 bridgehead atoms. The van der Waals surface area contributed by atoms with Gasteiger partial charge in [-0.2, -0.15) is 9.97 Å². The van der Waals surface area contributed by atoms with Crippen LogP contribution in [0.5, 0.6) is 0 Å². The Kier molecular flexibility index (Phi) is 7.94. The first-order chi connectivity index (χ1) is 21.7. The summed E-state index contributed by atoms with van der Waals surface area (Å²) < 4.78 is 39.2. The van der Waals surface area contributed by atoms with Crippen LogP contribution in [0.15, 0.2) is 22.2 Å². The summed E-state index contributed by atoms with van der Waals surface area (Å²) in [6.45, 7) is -7.11. The van der Waals surface area contributed by atoms with Crippen molar-refractivity contribution in [3.05, 3.63) is 33.4 Å². The van der Waals surface area contributed by atoms with Crippen molar-refractivity contribution in [2.24, 2.45) is 0 Å². The normalized spacial score (nSPS) is 37.1. The minimum Gasteiger partial charge on any atom is -0.386 e. The van der Waals surface area contributed by atoms with Crippen LogP contribution >= 0.6 is 37.6 Å². The van der Waals surface area contributed by atoms with Crippen molar-refractivity contribution in [2.45, 2.75) is 49.1 Å². The van der Waals surface area contributed by atoms with Crippen molar-refractivity contribution in [3.63, 3.8) is 0 Å². The second-order valence-electron chi connectivity index (χ2n) is 10.7. The molecule has 24 heteroatoms. The highest BCUT2D eigenvalue weighted by Crippen LogP contribution is 2.59. The number of aromatic nitrogens is 8. The molecule has 3 fully saturated rings. The first-order valence-electron chi connectivity index (χ1n) is 13.4. The van der Waals surface area contributed by atoms with E-state index < -0.39 is 73.3 Å². The van der Waals surface area contributed by atoms with Crippen LogP contribution in [0.25, 0.3) is 22.3 Å². The Balaban J connectivity index is 1.18. The molecule has 20 nitrogen and oxygen atoms in total. The van der Waals surface area contributed by atoms with Gasteiger partial charge in [0, 0.05) is 0 Å². The van der Waals surface area contributed by atoms with Gasteiger partial charge in [0.2, 0.25) is 11.9 Å². The molecule has 1 unspecified atom stereocenters. The van der Waals surface area contributed by atoms with Crippen molar-refractivity contribution >= 4 is 84.4 Å². The first kappa shape index (κ1) is 31.9. The number of nitrogens with zero attached hydrogens (tertiary/aromatic N) is 6. The summed E-state index contributed by atoms with van der Waals surface area (Å²) in [6.07, 6.45) is 1.23. The highest BCUT2D eigenvalue weighted by atomic mass is 32.7. The molecular weight excluding hydrogens is 690 g/mol. The maximum Gasteiger partial charge on any atom is 0.280 e. The maximum absolute atomic E-state index is 12.3. The van der Waals surface area contributed by atoms with Gasteiger partial charge in [-0.05, 0) is 12.6 Å². The van der Waals surface area contributed by atoms with Crippen molar-refractivity contribution in [1.29, 1.82) is 0 Å². The molecule has 248 valence electrons. The number of hydrogen-bond acceptors (Lipinski definition) is 18. The van der Waals surface area contributed by atoms with E-state index >= 15 is 0 Å². The third kappa shape index (κ3) is 5.61. The number of anilines is 2. The summed E-state index contributed by atoms with van der Waals surface area (Å²) in [5.41, 5.74) is 10.4. The Bertz CT molecular complexity index is 1910. The fraction of sp³-hybridized carbons (Fsp3) is 0.455. The largest absolute Gasteiger partial charge is 0.386 e. The molecule has 3 aliphatic heterocycles. The SMILES string of the molecule is C=[P@]1(S)OC[C@H]2OC(n3cnc4c(=O)[nH]c(N)nc43)[C@H](O)[C@@H]2O[P@@](=C)(S)OC[C@@H]2O[C@H](n3cnc4c(=O)[nH]c(N)nc43)[C@H](O)[C@H]2O1. The molecule has 10 atom stereocenters. The van der Waals surface area contributed by atoms with Crippen LogP contribution in [0.3, 0.4) is 0 Å². The Morgan fingerprint density at radius 1 is 0.804 bits per heavy atom. The van der Waals surface area contributed by atoms with Gasteiger partial charge in [-0.3, -0.25) is 28.7 Å². The molecule has 0 aliphatic carbocycles. The van der Waals surface area contributed by atoms with E-state index in [2.05, 4.69) is 67.0 Å². The van der Waals surface area contributed by atoms with Crippen LogP contribution in [0.1, 0.15) is 12.5 Å². The molecule has 7 heterocycles. The number of ether oxygens (including phenoxy) is 2.